The fourth-order valence-electron chi connectivity index (χ4n) is 2.13. The van der Waals surface area contributed by atoms with Crippen molar-refractivity contribution in [2.24, 2.45) is 0 Å². The molecular formula is C19H23NO3. The Hall–Kier alpha value is -2.33. The van der Waals surface area contributed by atoms with Crippen LogP contribution in [0, 0.1) is 0 Å². The number of hydrogen-bond donors (Lipinski definition) is 0. The van der Waals surface area contributed by atoms with E-state index in [4.69, 9.17) is 9.47 Å². The molecule has 23 heavy (non-hydrogen) atoms. The van der Waals surface area contributed by atoms with Gasteiger partial charge in [0.15, 0.2) is 0 Å². The van der Waals surface area contributed by atoms with E-state index >= 15 is 0 Å². The molecule has 1 amide bonds. The summed E-state index contributed by atoms with van der Waals surface area (Å²) in [4.78, 5) is 13.9. The van der Waals surface area contributed by atoms with Gasteiger partial charge < -0.3 is 9.47 Å². The summed E-state index contributed by atoms with van der Waals surface area (Å²) in [5.41, 5.74) is 2.16. The number of carbonyl (C=O) groups is 1. The van der Waals surface area contributed by atoms with Gasteiger partial charge in [-0.3, -0.25) is 4.90 Å². The minimum Gasteiger partial charge on any atom is -0.444 e. The Morgan fingerprint density at radius 2 is 1.57 bits per heavy atom. The minimum atomic E-state index is -0.349. The maximum absolute atomic E-state index is 12.3. The van der Waals surface area contributed by atoms with E-state index in [1.54, 1.807) is 4.90 Å². The highest BCUT2D eigenvalue weighted by Gasteiger charge is 2.15. The predicted octanol–water partition coefficient (Wildman–Crippen LogP) is 3.86. The van der Waals surface area contributed by atoms with Crippen molar-refractivity contribution in [2.75, 3.05) is 19.9 Å². The Morgan fingerprint density at radius 1 is 0.957 bits per heavy atom. The molecule has 0 aromatic heterocycles. The van der Waals surface area contributed by atoms with Gasteiger partial charge in [0.2, 0.25) is 0 Å². The van der Waals surface area contributed by atoms with Crippen LogP contribution in [-0.2, 0) is 22.5 Å². The molecular weight excluding hydrogens is 290 g/mol. The van der Waals surface area contributed by atoms with E-state index in [0.717, 1.165) is 12.0 Å². The zero-order valence-corrected chi connectivity index (χ0v) is 13.5. The fraction of sp³-hybridized carbons (Fsp3) is 0.316. The molecule has 0 radical (unpaired) electrons. The molecule has 0 aliphatic carbocycles. The van der Waals surface area contributed by atoms with Crippen LogP contribution in [0.3, 0.4) is 0 Å². The summed E-state index contributed by atoms with van der Waals surface area (Å²) >= 11 is 0. The maximum atomic E-state index is 12.3. The van der Waals surface area contributed by atoms with Crippen LogP contribution in [-0.4, -0.2) is 30.9 Å². The number of rotatable bonds is 8. The molecule has 0 N–H and O–H groups in total. The number of hydrogen-bond acceptors (Lipinski definition) is 3. The summed E-state index contributed by atoms with van der Waals surface area (Å²) < 4.78 is 10.8. The van der Waals surface area contributed by atoms with E-state index in [0.29, 0.717) is 13.2 Å². The van der Waals surface area contributed by atoms with Gasteiger partial charge in [0, 0.05) is 13.2 Å². The minimum absolute atomic E-state index is 0.247. The first-order chi connectivity index (χ1) is 11.3. The highest BCUT2D eigenvalue weighted by Crippen LogP contribution is 2.06. The second-order valence-electron chi connectivity index (χ2n) is 5.16. The third-order valence-corrected chi connectivity index (χ3v) is 3.43. The first-order valence-electron chi connectivity index (χ1n) is 7.87. The molecule has 0 unspecified atom stereocenters. The summed E-state index contributed by atoms with van der Waals surface area (Å²) in [7, 11) is 0. The number of amides is 1. The smallest absolute Gasteiger partial charge is 0.411 e. The molecule has 4 heteroatoms. The number of carbonyl (C=O) groups excluding carboxylic acids is 1. The van der Waals surface area contributed by atoms with Gasteiger partial charge in [-0.05, 0) is 24.5 Å². The van der Waals surface area contributed by atoms with E-state index in [1.165, 1.54) is 5.56 Å². The summed E-state index contributed by atoms with van der Waals surface area (Å²) in [6.45, 7) is 3.56. The van der Waals surface area contributed by atoms with Crippen molar-refractivity contribution >= 4 is 6.09 Å². The molecule has 2 aromatic rings. The van der Waals surface area contributed by atoms with Crippen LogP contribution in [0.4, 0.5) is 4.79 Å². The highest BCUT2D eigenvalue weighted by molar-refractivity contribution is 5.67. The number of nitrogens with zero attached hydrogens (tertiary/aromatic N) is 1. The Labute approximate surface area is 137 Å². The van der Waals surface area contributed by atoms with Gasteiger partial charge in [-0.15, -0.1) is 0 Å². The van der Waals surface area contributed by atoms with Crippen molar-refractivity contribution in [1.82, 2.24) is 4.90 Å². The molecule has 0 saturated heterocycles. The molecule has 0 heterocycles. The van der Waals surface area contributed by atoms with Crippen molar-refractivity contribution in [3.05, 3.63) is 71.8 Å². The van der Waals surface area contributed by atoms with Gasteiger partial charge in [-0.2, -0.15) is 0 Å². The lowest BCUT2D eigenvalue weighted by atomic mass is 10.1. The third kappa shape index (κ3) is 6.12. The maximum Gasteiger partial charge on any atom is 0.411 e. The second-order valence-corrected chi connectivity index (χ2v) is 5.16. The SMILES string of the molecule is CCOCN(CCc1ccccc1)C(=O)OCc1ccccc1. The molecule has 0 aliphatic heterocycles. The molecule has 0 atom stereocenters. The molecule has 4 nitrogen and oxygen atoms in total. The monoisotopic (exact) mass is 313 g/mol. The van der Waals surface area contributed by atoms with Gasteiger partial charge in [0.1, 0.15) is 13.3 Å². The van der Waals surface area contributed by atoms with Crippen molar-refractivity contribution < 1.29 is 14.3 Å². The Morgan fingerprint density at radius 3 is 2.17 bits per heavy atom. The normalized spacial score (nSPS) is 10.3. The van der Waals surface area contributed by atoms with Crippen LogP contribution in [0.25, 0.3) is 0 Å². The summed E-state index contributed by atoms with van der Waals surface area (Å²) in [6.07, 6.45) is 0.423. The average Bonchev–Trinajstić information content (AvgIpc) is 2.61. The zero-order chi connectivity index (χ0) is 16.3. The quantitative estimate of drug-likeness (QED) is 0.695. The molecule has 2 aromatic carbocycles. The largest absolute Gasteiger partial charge is 0.444 e. The number of benzene rings is 2. The zero-order valence-electron chi connectivity index (χ0n) is 13.5. The van der Waals surface area contributed by atoms with Gasteiger partial charge in [-0.1, -0.05) is 60.7 Å². The van der Waals surface area contributed by atoms with Gasteiger partial charge in [0.25, 0.3) is 0 Å². The van der Waals surface area contributed by atoms with Gasteiger partial charge >= 0.3 is 6.09 Å². The summed E-state index contributed by atoms with van der Waals surface area (Å²) in [5.74, 6) is 0. The fourth-order valence-corrected chi connectivity index (χ4v) is 2.13. The van der Waals surface area contributed by atoms with Crippen LogP contribution in [0.1, 0.15) is 18.1 Å². The molecule has 0 saturated carbocycles. The lowest BCUT2D eigenvalue weighted by molar-refractivity contribution is 0.0221. The predicted molar refractivity (Wildman–Crippen MR) is 90.0 cm³/mol. The van der Waals surface area contributed by atoms with Gasteiger partial charge in [0.05, 0.1) is 0 Å². The second kappa shape index (κ2) is 9.64. The van der Waals surface area contributed by atoms with Crippen molar-refractivity contribution in [3.63, 3.8) is 0 Å². The van der Waals surface area contributed by atoms with Crippen LogP contribution in [0.5, 0.6) is 0 Å². The van der Waals surface area contributed by atoms with Crippen molar-refractivity contribution in [3.8, 4) is 0 Å². The topological polar surface area (TPSA) is 38.8 Å². The summed E-state index contributed by atoms with van der Waals surface area (Å²) in [6, 6.07) is 19.7. The number of ether oxygens (including phenoxy) is 2. The van der Waals surface area contributed by atoms with E-state index in [2.05, 4.69) is 0 Å². The van der Waals surface area contributed by atoms with Crippen molar-refractivity contribution in [1.29, 1.82) is 0 Å². The third-order valence-electron chi connectivity index (χ3n) is 3.43. The van der Waals surface area contributed by atoms with Crippen LogP contribution in [0.15, 0.2) is 60.7 Å². The van der Waals surface area contributed by atoms with Crippen LogP contribution >= 0.6 is 0 Å². The first-order valence-corrected chi connectivity index (χ1v) is 7.87. The molecule has 0 fully saturated rings. The van der Waals surface area contributed by atoms with Crippen LogP contribution in [0.2, 0.25) is 0 Å². The lowest BCUT2D eigenvalue weighted by Crippen LogP contribution is -2.35. The van der Waals surface area contributed by atoms with E-state index in [-0.39, 0.29) is 19.4 Å². The summed E-state index contributed by atoms with van der Waals surface area (Å²) in [5, 5.41) is 0. The Bertz CT molecular complexity index is 572. The van der Waals surface area contributed by atoms with Crippen molar-refractivity contribution in [2.45, 2.75) is 20.0 Å². The Kier molecular flexibility index (Phi) is 7.14. The first kappa shape index (κ1) is 17.0. The molecule has 2 rings (SSSR count). The van der Waals surface area contributed by atoms with Crippen LogP contribution < -0.4 is 0 Å². The lowest BCUT2D eigenvalue weighted by Gasteiger charge is -2.21. The standard InChI is InChI=1S/C19H23NO3/c1-2-22-16-20(14-13-17-9-5-3-6-10-17)19(21)23-15-18-11-7-4-8-12-18/h3-12H,2,13-16H2,1H3. The van der Waals surface area contributed by atoms with E-state index in [1.807, 2.05) is 67.6 Å². The Balaban J connectivity index is 1.87. The molecule has 0 spiro atoms. The van der Waals surface area contributed by atoms with E-state index < -0.39 is 0 Å². The average molecular weight is 313 g/mol. The molecule has 0 aliphatic rings. The molecule has 122 valence electrons. The van der Waals surface area contributed by atoms with Gasteiger partial charge in [-0.25, -0.2) is 4.79 Å². The molecule has 0 bridgehead atoms. The highest BCUT2D eigenvalue weighted by atomic mass is 16.6. The van der Waals surface area contributed by atoms with E-state index in [9.17, 15) is 4.79 Å².